The summed E-state index contributed by atoms with van der Waals surface area (Å²) in [7, 11) is 0. The second-order valence-corrected chi connectivity index (χ2v) is 6.11. The first kappa shape index (κ1) is 14.4. The monoisotopic (exact) mass is 312 g/mol. The molecule has 4 rings (SSSR count). The van der Waals surface area contributed by atoms with Crippen LogP contribution in [0, 0.1) is 0 Å². The Morgan fingerprint density at radius 2 is 2.22 bits per heavy atom. The van der Waals surface area contributed by atoms with Crippen LogP contribution in [0.25, 0.3) is 0 Å². The Labute approximate surface area is 134 Å². The maximum atomic E-state index is 13.2. The summed E-state index contributed by atoms with van der Waals surface area (Å²) >= 11 is 0. The van der Waals surface area contributed by atoms with Gasteiger partial charge in [0.1, 0.15) is 12.2 Å². The van der Waals surface area contributed by atoms with E-state index >= 15 is 0 Å². The molecule has 3 heterocycles. The third kappa shape index (κ3) is 2.63. The van der Waals surface area contributed by atoms with Gasteiger partial charge in [0.05, 0.1) is 12.6 Å². The maximum absolute atomic E-state index is 13.2. The minimum atomic E-state index is -0.497. The summed E-state index contributed by atoms with van der Waals surface area (Å²) in [5, 5.41) is 6.85. The predicted octanol–water partition coefficient (Wildman–Crippen LogP) is 2.17. The van der Waals surface area contributed by atoms with Crippen molar-refractivity contribution in [3.8, 4) is 0 Å². The van der Waals surface area contributed by atoms with Gasteiger partial charge in [-0.1, -0.05) is 24.3 Å². The van der Waals surface area contributed by atoms with E-state index < -0.39 is 6.10 Å². The molecular weight excluding hydrogens is 292 g/mol. The van der Waals surface area contributed by atoms with E-state index in [2.05, 4.69) is 21.2 Å². The number of aromatic nitrogens is 3. The molecule has 2 atom stereocenters. The Hall–Kier alpha value is -2.21. The smallest absolute Gasteiger partial charge is 0.256 e. The lowest BCUT2D eigenvalue weighted by molar-refractivity contribution is -0.149. The molecule has 120 valence electrons. The predicted molar refractivity (Wildman–Crippen MR) is 83.5 cm³/mol. The van der Waals surface area contributed by atoms with Crippen molar-refractivity contribution in [3.63, 3.8) is 0 Å². The number of fused-ring (bicyclic) bond motifs is 1. The zero-order valence-corrected chi connectivity index (χ0v) is 12.9. The lowest BCUT2D eigenvalue weighted by Gasteiger charge is -2.37. The van der Waals surface area contributed by atoms with Crippen LogP contribution in [0.3, 0.4) is 0 Å². The summed E-state index contributed by atoms with van der Waals surface area (Å²) in [6.07, 6.45) is 4.89. The number of aromatic amines is 1. The normalized spacial score (nSPS) is 24.3. The highest BCUT2D eigenvalue weighted by Gasteiger charge is 2.36. The fraction of sp³-hybridized carbons (Fsp3) is 0.471. The van der Waals surface area contributed by atoms with Gasteiger partial charge in [-0.05, 0) is 36.8 Å². The maximum Gasteiger partial charge on any atom is 0.256 e. The summed E-state index contributed by atoms with van der Waals surface area (Å²) < 4.78 is 5.85. The number of amides is 1. The summed E-state index contributed by atoms with van der Waals surface area (Å²) in [5.41, 5.74) is 2.22. The van der Waals surface area contributed by atoms with E-state index in [1.54, 1.807) is 0 Å². The van der Waals surface area contributed by atoms with Crippen LogP contribution in [0.5, 0.6) is 0 Å². The van der Waals surface area contributed by atoms with Crippen LogP contribution in [-0.2, 0) is 16.0 Å². The van der Waals surface area contributed by atoms with Crippen molar-refractivity contribution in [1.82, 2.24) is 20.1 Å². The number of H-pyrrole nitrogens is 1. The third-order valence-corrected chi connectivity index (χ3v) is 4.75. The molecular formula is C17H20N4O2. The fourth-order valence-corrected chi connectivity index (χ4v) is 3.60. The molecule has 0 saturated carbocycles. The molecule has 2 aliphatic rings. The lowest BCUT2D eigenvalue weighted by Crippen LogP contribution is -2.43. The van der Waals surface area contributed by atoms with E-state index in [1.165, 1.54) is 11.9 Å². The first-order chi connectivity index (χ1) is 11.3. The molecule has 0 spiro atoms. The van der Waals surface area contributed by atoms with Gasteiger partial charge in [-0.25, -0.2) is 4.98 Å². The van der Waals surface area contributed by atoms with E-state index in [9.17, 15) is 4.79 Å². The number of rotatable bonds is 2. The van der Waals surface area contributed by atoms with Crippen LogP contribution in [0.1, 0.15) is 48.4 Å². The number of ether oxygens (including phenoxy) is 1. The second-order valence-electron chi connectivity index (χ2n) is 6.11. The van der Waals surface area contributed by atoms with E-state index in [-0.39, 0.29) is 11.9 Å². The molecule has 1 aromatic heterocycles. The van der Waals surface area contributed by atoms with Gasteiger partial charge in [-0.15, -0.1) is 0 Å². The molecule has 0 aliphatic carbocycles. The van der Waals surface area contributed by atoms with Gasteiger partial charge in [0.25, 0.3) is 5.91 Å². The SMILES string of the molecule is O=C([C@H]1OCCc2ccccc21)N1CCCC[C@@H]1c1ncn[nH]1. The van der Waals surface area contributed by atoms with Crippen LogP contribution in [0.4, 0.5) is 0 Å². The first-order valence-corrected chi connectivity index (χ1v) is 8.20. The number of hydrogen-bond acceptors (Lipinski definition) is 4. The zero-order chi connectivity index (χ0) is 15.6. The highest BCUT2D eigenvalue weighted by molar-refractivity contribution is 5.83. The molecule has 23 heavy (non-hydrogen) atoms. The molecule has 0 radical (unpaired) electrons. The summed E-state index contributed by atoms with van der Waals surface area (Å²) in [4.78, 5) is 19.3. The molecule has 6 nitrogen and oxygen atoms in total. The fourth-order valence-electron chi connectivity index (χ4n) is 3.60. The molecule has 2 aromatic rings. The second kappa shape index (κ2) is 6.12. The molecule has 1 amide bonds. The highest BCUT2D eigenvalue weighted by atomic mass is 16.5. The van der Waals surface area contributed by atoms with Crippen molar-refractivity contribution in [2.45, 2.75) is 37.8 Å². The van der Waals surface area contributed by atoms with Crippen LogP contribution in [0.2, 0.25) is 0 Å². The van der Waals surface area contributed by atoms with Crippen molar-refractivity contribution in [1.29, 1.82) is 0 Å². The number of nitrogens with zero attached hydrogens (tertiary/aromatic N) is 3. The molecule has 0 bridgehead atoms. The molecule has 1 fully saturated rings. The van der Waals surface area contributed by atoms with Crippen molar-refractivity contribution in [3.05, 3.63) is 47.5 Å². The van der Waals surface area contributed by atoms with Gasteiger partial charge in [0.15, 0.2) is 6.10 Å². The Morgan fingerprint density at radius 1 is 1.30 bits per heavy atom. The number of carbonyl (C=O) groups excluding carboxylic acids is 1. The average Bonchev–Trinajstić information content (AvgIpc) is 3.15. The van der Waals surface area contributed by atoms with Gasteiger partial charge in [0.2, 0.25) is 0 Å². The molecule has 6 heteroatoms. The Bertz CT molecular complexity index is 686. The minimum absolute atomic E-state index is 0.0311. The third-order valence-electron chi connectivity index (χ3n) is 4.75. The van der Waals surface area contributed by atoms with Gasteiger partial charge in [-0.3, -0.25) is 9.89 Å². The molecule has 1 saturated heterocycles. The highest BCUT2D eigenvalue weighted by Crippen LogP contribution is 2.34. The summed E-state index contributed by atoms with van der Waals surface area (Å²) in [5.74, 6) is 0.806. The summed E-state index contributed by atoms with van der Waals surface area (Å²) in [6.45, 7) is 1.33. The van der Waals surface area contributed by atoms with Crippen molar-refractivity contribution in [2.24, 2.45) is 0 Å². The van der Waals surface area contributed by atoms with E-state index in [1.807, 2.05) is 23.1 Å². The van der Waals surface area contributed by atoms with Gasteiger partial charge >= 0.3 is 0 Å². The van der Waals surface area contributed by atoms with Crippen LogP contribution >= 0.6 is 0 Å². The van der Waals surface area contributed by atoms with Gasteiger partial charge in [-0.2, -0.15) is 5.10 Å². The number of nitrogens with one attached hydrogen (secondary N) is 1. The Morgan fingerprint density at radius 3 is 3.09 bits per heavy atom. The van der Waals surface area contributed by atoms with Crippen LogP contribution in [0.15, 0.2) is 30.6 Å². The number of carbonyl (C=O) groups is 1. The Balaban J connectivity index is 1.63. The quantitative estimate of drug-likeness (QED) is 0.922. The average molecular weight is 312 g/mol. The number of likely N-dealkylation sites (tertiary alicyclic amines) is 1. The van der Waals surface area contributed by atoms with Gasteiger partial charge < -0.3 is 9.64 Å². The standard InChI is InChI=1S/C17H20N4O2/c22-17(15-13-6-2-1-5-12(13)8-10-23-15)21-9-4-3-7-14(21)16-18-11-19-20-16/h1-2,5-6,11,14-15H,3-4,7-10H2,(H,18,19,20)/t14-,15+/m1/s1. The molecule has 1 aromatic carbocycles. The largest absolute Gasteiger partial charge is 0.363 e. The van der Waals surface area contributed by atoms with E-state index in [0.717, 1.165) is 43.6 Å². The van der Waals surface area contributed by atoms with Crippen molar-refractivity contribution in [2.75, 3.05) is 13.2 Å². The first-order valence-electron chi connectivity index (χ1n) is 8.20. The van der Waals surface area contributed by atoms with E-state index in [4.69, 9.17) is 4.74 Å². The number of hydrogen-bond donors (Lipinski definition) is 1. The summed E-state index contributed by atoms with van der Waals surface area (Å²) in [6, 6.07) is 8.05. The Kier molecular flexibility index (Phi) is 3.83. The van der Waals surface area contributed by atoms with Crippen molar-refractivity contribution < 1.29 is 9.53 Å². The van der Waals surface area contributed by atoms with Crippen LogP contribution < -0.4 is 0 Å². The molecule has 2 aliphatic heterocycles. The number of benzene rings is 1. The minimum Gasteiger partial charge on any atom is -0.363 e. The van der Waals surface area contributed by atoms with E-state index in [0.29, 0.717) is 6.61 Å². The zero-order valence-electron chi connectivity index (χ0n) is 12.9. The molecule has 1 N–H and O–H groups in total. The van der Waals surface area contributed by atoms with Crippen LogP contribution in [-0.4, -0.2) is 39.1 Å². The molecule has 0 unspecified atom stereocenters. The number of piperidine rings is 1. The van der Waals surface area contributed by atoms with Gasteiger partial charge in [0, 0.05) is 6.54 Å². The van der Waals surface area contributed by atoms with Crippen molar-refractivity contribution >= 4 is 5.91 Å². The topological polar surface area (TPSA) is 71.1 Å². The lowest BCUT2D eigenvalue weighted by atomic mass is 9.94.